The third kappa shape index (κ3) is 12.7. The zero-order valence-electron chi connectivity index (χ0n) is 40.0. The first-order chi connectivity index (χ1) is 31.7. The Kier molecular flexibility index (Phi) is 17.1. The topological polar surface area (TPSA) is 156 Å². The third-order valence-corrected chi connectivity index (χ3v) is 16.2. The van der Waals surface area contributed by atoms with E-state index in [1.165, 1.54) is 22.4 Å². The van der Waals surface area contributed by atoms with Gasteiger partial charge in [-0.05, 0) is 72.1 Å². The number of fused-ring (bicyclic) bond motifs is 2. The van der Waals surface area contributed by atoms with Crippen LogP contribution in [-0.4, -0.2) is 41.3 Å². The van der Waals surface area contributed by atoms with Gasteiger partial charge < -0.3 is 14.2 Å². The van der Waals surface area contributed by atoms with Gasteiger partial charge in [0.2, 0.25) is 0 Å². The summed E-state index contributed by atoms with van der Waals surface area (Å²) in [6, 6.07) is 14.2. The molecule has 0 aliphatic carbocycles. The summed E-state index contributed by atoms with van der Waals surface area (Å²) in [5.41, 5.74) is 0.433. The van der Waals surface area contributed by atoms with Crippen molar-refractivity contribution in [3.05, 3.63) is 74.5 Å². The standard InChI is InChI=1S/C51H60N4O8S4/c1-11-13-17-32(12-2)29-61-47(60)35(28-52)48-64-41-39(62-36(56)24-30(3)26-50(5,6)7)43-44(40(42(41)65-48)63-37(57)25-31(4)27-51(8,9)10)67-49(66-43)38-45(58)54(33-18-15-14-16-19-33)55(46(38)59)34-20-22-53-23-21-34/h14-16,18-23,30-32H,11-13,17,24-27,29H2,1-10H3. The summed E-state index contributed by atoms with van der Waals surface area (Å²) in [6.45, 7) is 20.9. The van der Waals surface area contributed by atoms with Gasteiger partial charge in [0.1, 0.15) is 11.6 Å². The van der Waals surface area contributed by atoms with E-state index in [0.29, 0.717) is 35.2 Å². The molecule has 67 heavy (non-hydrogen) atoms. The molecule has 6 rings (SSSR count). The zero-order chi connectivity index (χ0) is 48.8. The van der Waals surface area contributed by atoms with Crippen molar-refractivity contribution in [2.24, 2.45) is 28.6 Å². The number of carbonyl (C=O) groups is 5. The Morgan fingerprint density at radius 2 is 1.21 bits per heavy atom. The molecule has 0 spiro atoms. The van der Waals surface area contributed by atoms with E-state index in [1.54, 1.807) is 36.4 Å². The number of pyridine rings is 1. The monoisotopic (exact) mass is 984 g/mol. The predicted octanol–water partition coefficient (Wildman–Crippen LogP) is 12.9. The molecule has 0 N–H and O–H groups in total. The van der Waals surface area contributed by atoms with Crippen molar-refractivity contribution in [2.45, 2.75) is 140 Å². The lowest BCUT2D eigenvalue weighted by molar-refractivity contribution is -0.140. The smallest absolute Gasteiger partial charge is 0.350 e. The summed E-state index contributed by atoms with van der Waals surface area (Å²) in [5, 5.41) is 13.1. The van der Waals surface area contributed by atoms with Crippen LogP contribution in [0.1, 0.15) is 121 Å². The van der Waals surface area contributed by atoms with E-state index in [4.69, 9.17) is 14.2 Å². The highest BCUT2D eigenvalue weighted by molar-refractivity contribution is 8.26. The molecule has 3 aliphatic heterocycles. The van der Waals surface area contributed by atoms with E-state index < -0.39 is 29.7 Å². The lowest BCUT2D eigenvalue weighted by Gasteiger charge is -2.27. The number of esters is 3. The molecule has 1 aromatic heterocycles. The fraction of sp³-hybridized carbons (Fsp3) is 0.471. The van der Waals surface area contributed by atoms with Gasteiger partial charge in [-0.3, -0.25) is 24.2 Å². The van der Waals surface area contributed by atoms with Crippen molar-refractivity contribution in [1.82, 2.24) is 4.98 Å². The average molecular weight is 985 g/mol. The molecule has 0 bridgehead atoms. The number of hydrogen-bond donors (Lipinski definition) is 0. The highest BCUT2D eigenvalue weighted by atomic mass is 32.2. The van der Waals surface area contributed by atoms with Crippen LogP contribution < -0.4 is 19.5 Å². The van der Waals surface area contributed by atoms with Gasteiger partial charge in [-0.25, -0.2) is 14.8 Å². The SMILES string of the molecule is CCCCC(CC)COC(=O)C(C#N)=C1Sc2c(OC(=O)CC(C)CC(C)(C)C)c3c(c(OC(=O)CC(C)CC(C)(C)C)c2S1)SC(=C1C(=O)N(c2ccccc2)N(c2ccncc2)C1=O)S3. The first kappa shape index (κ1) is 51.7. The molecular weight excluding hydrogens is 925 g/mol. The average Bonchev–Trinajstić information content (AvgIpc) is 3.95. The van der Waals surface area contributed by atoms with E-state index in [9.17, 15) is 29.2 Å². The van der Waals surface area contributed by atoms with Gasteiger partial charge in [-0.15, -0.1) is 0 Å². The number of anilines is 2. The van der Waals surface area contributed by atoms with Crippen molar-refractivity contribution in [3.8, 4) is 17.6 Å². The summed E-state index contributed by atoms with van der Waals surface area (Å²) >= 11 is 4.28. The lowest BCUT2D eigenvalue weighted by Crippen LogP contribution is -2.41. The van der Waals surface area contributed by atoms with Crippen LogP contribution in [0.5, 0.6) is 11.5 Å². The lowest BCUT2D eigenvalue weighted by atomic mass is 9.84. The Morgan fingerprint density at radius 1 is 0.731 bits per heavy atom. The van der Waals surface area contributed by atoms with Crippen LogP contribution >= 0.6 is 47.0 Å². The van der Waals surface area contributed by atoms with Gasteiger partial charge in [0.05, 0.1) is 46.0 Å². The Bertz CT molecular complexity index is 2350. The number of benzene rings is 2. The summed E-state index contributed by atoms with van der Waals surface area (Å²) in [7, 11) is 0. The van der Waals surface area contributed by atoms with Crippen LogP contribution in [0, 0.1) is 39.9 Å². The normalized spacial score (nSPS) is 16.1. The molecule has 3 aromatic rings. The van der Waals surface area contributed by atoms with Crippen LogP contribution in [-0.2, 0) is 28.7 Å². The Hall–Kier alpha value is -4.69. The fourth-order valence-corrected chi connectivity index (χ4v) is 13.8. The van der Waals surface area contributed by atoms with Crippen LogP contribution in [0.15, 0.2) is 94.1 Å². The summed E-state index contributed by atoms with van der Waals surface area (Å²) in [4.78, 5) is 76.9. The van der Waals surface area contributed by atoms with Gasteiger partial charge in [0, 0.05) is 25.2 Å². The highest BCUT2D eigenvalue weighted by Gasteiger charge is 2.48. The molecule has 2 amide bonds. The molecule has 2 aromatic carbocycles. The molecule has 3 atom stereocenters. The largest absolute Gasteiger partial charge is 0.461 e. The molecule has 12 nitrogen and oxygen atoms in total. The first-order valence-electron chi connectivity index (χ1n) is 22.8. The van der Waals surface area contributed by atoms with Crippen molar-refractivity contribution >= 4 is 88.1 Å². The summed E-state index contributed by atoms with van der Waals surface area (Å²) in [6.07, 6.45) is 8.46. The van der Waals surface area contributed by atoms with E-state index in [0.717, 1.165) is 85.6 Å². The predicted molar refractivity (Wildman–Crippen MR) is 266 cm³/mol. The maximum atomic E-state index is 14.7. The number of nitriles is 1. The van der Waals surface area contributed by atoms with Gasteiger partial charge in [-0.1, -0.05) is 154 Å². The van der Waals surface area contributed by atoms with Crippen LogP contribution in [0.25, 0.3) is 0 Å². The van der Waals surface area contributed by atoms with Gasteiger partial charge >= 0.3 is 17.9 Å². The molecule has 0 saturated carbocycles. The van der Waals surface area contributed by atoms with E-state index in [2.05, 4.69) is 59.5 Å². The molecule has 0 radical (unpaired) electrons. The van der Waals surface area contributed by atoms with E-state index in [-0.39, 0.29) is 74.9 Å². The second-order valence-electron chi connectivity index (χ2n) is 19.7. The molecule has 1 fully saturated rings. The number of carbonyl (C=O) groups excluding carboxylic acids is 5. The second kappa shape index (κ2) is 22.2. The minimum absolute atomic E-state index is 0.0396. The maximum Gasteiger partial charge on any atom is 0.350 e. The molecule has 4 heterocycles. The number of amides is 2. The van der Waals surface area contributed by atoms with Crippen molar-refractivity contribution in [3.63, 3.8) is 0 Å². The number of unbranched alkanes of at least 4 members (excludes halogenated alkanes) is 1. The number of para-hydroxylation sites is 1. The van der Waals surface area contributed by atoms with Crippen molar-refractivity contribution in [1.29, 1.82) is 5.26 Å². The van der Waals surface area contributed by atoms with Crippen LogP contribution in [0.2, 0.25) is 0 Å². The molecular formula is C51H60N4O8S4. The van der Waals surface area contributed by atoms with Crippen molar-refractivity contribution < 1.29 is 38.2 Å². The maximum absolute atomic E-state index is 14.7. The minimum atomic E-state index is -0.771. The number of ether oxygens (including phenoxy) is 3. The molecule has 16 heteroatoms. The van der Waals surface area contributed by atoms with Gasteiger partial charge in [0.15, 0.2) is 17.1 Å². The number of nitrogens with zero attached hydrogens (tertiary/aromatic N) is 4. The number of aromatic nitrogens is 1. The first-order valence-corrected chi connectivity index (χ1v) is 26.1. The fourth-order valence-electron chi connectivity index (χ4n) is 8.42. The Balaban J connectivity index is 1.50. The van der Waals surface area contributed by atoms with Gasteiger partial charge in [0.25, 0.3) is 11.8 Å². The zero-order valence-corrected chi connectivity index (χ0v) is 43.2. The quantitative estimate of drug-likeness (QED) is 0.0414. The Labute approximate surface area is 411 Å². The summed E-state index contributed by atoms with van der Waals surface area (Å²) < 4.78 is 19.1. The molecule has 356 valence electrons. The summed E-state index contributed by atoms with van der Waals surface area (Å²) in [5.74, 6) is -2.66. The number of hydrazine groups is 1. The molecule has 3 unspecified atom stereocenters. The van der Waals surface area contributed by atoms with Crippen LogP contribution in [0.3, 0.4) is 0 Å². The number of rotatable bonds is 17. The second-order valence-corrected chi connectivity index (χ2v) is 24.3. The molecule has 1 saturated heterocycles. The highest BCUT2D eigenvalue weighted by Crippen LogP contribution is 2.69. The minimum Gasteiger partial charge on any atom is -0.461 e. The van der Waals surface area contributed by atoms with Crippen LogP contribution in [0.4, 0.5) is 11.4 Å². The third-order valence-electron chi connectivity index (χ3n) is 11.0. The van der Waals surface area contributed by atoms with Crippen molar-refractivity contribution in [2.75, 3.05) is 16.6 Å². The number of hydrogen-bond acceptors (Lipinski definition) is 14. The van der Waals surface area contributed by atoms with Gasteiger partial charge in [-0.2, -0.15) is 5.26 Å². The molecule has 3 aliphatic rings. The van der Waals surface area contributed by atoms with E-state index >= 15 is 0 Å². The van der Waals surface area contributed by atoms with E-state index in [1.807, 2.05) is 26.8 Å². The Morgan fingerprint density at radius 3 is 1.66 bits per heavy atom. The number of thioether (sulfide) groups is 4.